The zero-order valence-electron chi connectivity index (χ0n) is 9.60. The minimum absolute atomic E-state index is 0.0487. The number of aliphatic hydroxyl groups excluding tert-OH is 1. The number of hydrogen-bond acceptors (Lipinski definition) is 4. The Morgan fingerprint density at radius 3 is 2.74 bits per heavy atom. The number of amides is 1. The predicted molar refractivity (Wildman–Crippen MR) is 67.9 cm³/mol. The zero-order chi connectivity index (χ0) is 13.6. The molecule has 0 aromatic heterocycles. The zero-order valence-corrected chi connectivity index (χ0v) is 11.1. The molecular formula is C12H9Cl2NO4. The van der Waals surface area contributed by atoms with E-state index in [2.05, 4.69) is 0 Å². The molecule has 100 valence electrons. The van der Waals surface area contributed by atoms with Gasteiger partial charge in [0.2, 0.25) is 6.79 Å². The van der Waals surface area contributed by atoms with Gasteiger partial charge in [0.05, 0.1) is 5.03 Å². The van der Waals surface area contributed by atoms with Gasteiger partial charge in [-0.2, -0.15) is 0 Å². The van der Waals surface area contributed by atoms with Gasteiger partial charge in [0.25, 0.3) is 5.91 Å². The second-order valence-electron chi connectivity index (χ2n) is 4.16. The molecule has 2 aliphatic heterocycles. The van der Waals surface area contributed by atoms with Crippen LogP contribution in [0.3, 0.4) is 0 Å². The van der Waals surface area contributed by atoms with E-state index in [9.17, 15) is 9.90 Å². The van der Waals surface area contributed by atoms with Crippen molar-refractivity contribution >= 4 is 29.1 Å². The van der Waals surface area contributed by atoms with E-state index in [1.807, 2.05) is 0 Å². The number of nitrogens with zero attached hydrogens (tertiary/aromatic N) is 1. The summed E-state index contributed by atoms with van der Waals surface area (Å²) >= 11 is 11.5. The molecule has 5 nitrogen and oxygen atoms in total. The molecule has 1 aromatic rings. The fourth-order valence-electron chi connectivity index (χ4n) is 1.98. The maximum absolute atomic E-state index is 11.8. The summed E-state index contributed by atoms with van der Waals surface area (Å²) in [6, 6.07) is 5.29. The number of benzene rings is 1. The van der Waals surface area contributed by atoms with E-state index in [0.29, 0.717) is 11.5 Å². The van der Waals surface area contributed by atoms with E-state index in [0.717, 1.165) is 5.56 Å². The minimum Gasteiger partial charge on any atom is -0.454 e. The normalized spacial score (nSPS) is 21.5. The fourth-order valence-corrected chi connectivity index (χ4v) is 2.39. The van der Waals surface area contributed by atoms with Crippen molar-refractivity contribution in [2.45, 2.75) is 12.8 Å². The first kappa shape index (κ1) is 12.6. The first-order chi connectivity index (χ1) is 9.08. The molecule has 0 saturated carbocycles. The maximum Gasteiger partial charge on any atom is 0.269 e. The molecule has 0 bridgehead atoms. The molecule has 0 fully saturated rings. The van der Waals surface area contributed by atoms with E-state index < -0.39 is 12.1 Å². The lowest BCUT2D eigenvalue weighted by Crippen LogP contribution is -2.34. The van der Waals surface area contributed by atoms with Gasteiger partial charge in [-0.05, 0) is 17.7 Å². The minimum atomic E-state index is -1.20. The van der Waals surface area contributed by atoms with Gasteiger partial charge in [-0.25, -0.2) is 0 Å². The molecule has 2 aliphatic rings. The SMILES string of the molecule is O=C1C(Cl)=C(Cl)C(O)N1Cc1ccc2c(c1)OCO2. The van der Waals surface area contributed by atoms with Gasteiger partial charge in [-0.15, -0.1) is 0 Å². The van der Waals surface area contributed by atoms with Crippen molar-refractivity contribution in [3.05, 3.63) is 33.8 Å². The molecule has 1 amide bonds. The van der Waals surface area contributed by atoms with Gasteiger partial charge >= 0.3 is 0 Å². The van der Waals surface area contributed by atoms with Crippen molar-refractivity contribution in [3.8, 4) is 11.5 Å². The van der Waals surface area contributed by atoms with E-state index in [1.165, 1.54) is 4.90 Å². The van der Waals surface area contributed by atoms with Crippen LogP contribution in [-0.2, 0) is 11.3 Å². The Balaban J connectivity index is 1.81. The predicted octanol–water partition coefficient (Wildman–Crippen LogP) is 1.77. The third-order valence-corrected chi connectivity index (χ3v) is 3.82. The Hall–Kier alpha value is -1.43. The summed E-state index contributed by atoms with van der Waals surface area (Å²) in [4.78, 5) is 13.0. The lowest BCUT2D eigenvalue weighted by molar-refractivity contribution is -0.132. The summed E-state index contributed by atoms with van der Waals surface area (Å²) in [5.41, 5.74) is 0.785. The van der Waals surface area contributed by atoms with Gasteiger partial charge in [-0.1, -0.05) is 29.3 Å². The van der Waals surface area contributed by atoms with Crippen LogP contribution in [0.2, 0.25) is 0 Å². The number of ether oxygens (including phenoxy) is 2. The van der Waals surface area contributed by atoms with Crippen LogP contribution in [0.4, 0.5) is 0 Å². The smallest absolute Gasteiger partial charge is 0.269 e. The van der Waals surface area contributed by atoms with Gasteiger partial charge in [0.1, 0.15) is 5.03 Å². The van der Waals surface area contributed by atoms with Crippen LogP contribution in [0.5, 0.6) is 11.5 Å². The van der Waals surface area contributed by atoms with Crippen LogP contribution in [-0.4, -0.2) is 28.9 Å². The highest BCUT2D eigenvalue weighted by Crippen LogP contribution is 2.35. The van der Waals surface area contributed by atoms with Crippen molar-refractivity contribution in [1.29, 1.82) is 0 Å². The first-order valence-corrected chi connectivity index (χ1v) is 6.26. The molecule has 0 spiro atoms. The lowest BCUT2D eigenvalue weighted by Gasteiger charge is -2.21. The molecule has 0 aliphatic carbocycles. The monoisotopic (exact) mass is 301 g/mol. The van der Waals surface area contributed by atoms with Crippen LogP contribution >= 0.6 is 23.2 Å². The molecule has 2 heterocycles. The van der Waals surface area contributed by atoms with Gasteiger partial charge in [-0.3, -0.25) is 4.79 Å². The number of halogens is 2. The Morgan fingerprint density at radius 2 is 2.05 bits per heavy atom. The summed E-state index contributed by atoms with van der Waals surface area (Å²) in [6.45, 7) is 0.367. The summed E-state index contributed by atoms with van der Waals surface area (Å²) in [5.74, 6) is 0.784. The fraction of sp³-hybridized carbons (Fsp3) is 0.250. The van der Waals surface area contributed by atoms with Crippen molar-refractivity contribution in [1.82, 2.24) is 4.90 Å². The van der Waals surface area contributed by atoms with Crippen LogP contribution in [0.25, 0.3) is 0 Å². The van der Waals surface area contributed by atoms with Crippen LogP contribution in [0.15, 0.2) is 28.3 Å². The summed E-state index contributed by atoms with van der Waals surface area (Å²) in [5, 5.41) is 9.64. The molecule has 7 heteroatoms. The third-order valence-electron chi connectivity index (χ3n) is 2.97. The number of aliphatic hydroxyl groups is 1. The Labute approximate surface area is 118 Å². The van der Waals surface area contributed by atoms with Crippen molar-refractivity contribution in [2.75, 3.05) is 6.79 Å². The molecule has 1 unspecified atom stereocenters. The largest absolute Gasteiger partial charge is 0.454 e. The van der Waals surface area contributed by atoms with Gasteiger partial charge in [0, 0.05) is 6.54 Å². The molecule has 0 saturated heterocycles. The average Bonchev–Trinajstić information content (AvgIpc) is 2.94. The molecule has 1 aromatic carbocycles. The molecule has 1 N–H and O–H groups in total. The van der Waals surface area contributed by atoms with Gasteiger partial charge in [0.15, 0.2) is 17.7 Å². The van der Waals surface area contributed by atoms with Gasteiger partial charge < -0.3 is 19.5 Å². The topological polar surface area (TPSA) is 59.0 Å². The summed E-state index contributed by atoms with van der Waals surface area (Å²) in [6.07, 6.45) is -1.20. The third kappa shape index (κ3) is 2.04. The van der Waals surface area contributed by atoms with E-state index in [4.69, 9.17) is 32.7 Å². The number of carbonyl (C=O) groups excluding carboxylic acids is 1. The molecule has 1 atom stereocenters. The van der Waals surface area contributed by atoms with Crippen molar-refractivity contribution < 1.29 is 19.4 Å². The van der Waals surface area contributed by atoms with E-state index in [-0.39, 0.29) is 23.4 Å². The molecule has 19 heavy (non-hydrogen) atoms. The van der Waals surface area contributed by atoms with E-state index in [1.54, 1.807) is 18.2 Å². The molecule has 0 radical (unpaired) electrons. The number of fused-ring (bicyclic) bond motifs is 1. The highest BCUT2D eigenvalue weighted by molar-refractivity contribution is 6.49. The Morgan fingerprint density at radius 1 is 1.32 bits per heavy atom. The highest BCUT2D eigenvalue weighted by Gasteiger charge is 2.36. The second-order valence-corrected chi connectivity index (χ2v) is 4.94. The quantitative estimate of drug-likeness (QED) is 0.904. The van der Waals surface area contributed by atoms with Crippen LogP contribution in [0.1, 0.15) is 5.56 Å². The first-order valence-electron chi connectivity index (χ1n) is 5.50. The lowest BCUT2D eigenvalue weighted by atomic mass is 10.2. The molecular weight excluding hydrogens is 293 g/mol. The summed E-state index contributed by atoms with van der Waals surface area (Å²) in [7, 11) is 0. The standard InChI is InChI=1S/C12H9Cl2NO4/c13-9-10(14)12(17)15(11(9)16)4-6-1-2-7-8(3-6)19-5-18-7/h1-3,11,16H,4-5H2. The number of hydrogen-bond donors (Lipinski definition) is 1. The second kappa shape index (κ2) is 4.59. The number of rotatable bonds is 2. The van der Waals surface area contributed by atoms with Crippen molar-refractivity contribution in [3.63, 3.8) is 0 Å². The number of carbonyl (C=O) groups is 1. The maximum atomic E-state index is 11.8. The molecule has 3 rings (SSSR count). The van der Waals surface area contributed by atoms with Crippen molar-refractivity contribution in [2.24, 2.45) is 0 Å². The average molecular weight is 302 g/mol. The highest BCUT2D eigenvalue weighted by atomic mass is 35.5. The summed E-state index contributed by atoms with van der Waals surface area (Å²) < 4.78 is 10.4. The Bertz CT molecular complexity index is 587. The van der Waals surface area contributed by atoms with E-state index >= 15 is 0 Å². The Kier molecular flexibility index (Phi) is 3.05. The van der Waals surface area contributed by atoms with Crippen LogP contribution in [0, 0.1) is 0 Å². The van der Waals surface area contributed by atoms with Crippen LogP contribution < -0.4 is 9.47 Å².